The Hall–Kier alpha value is -8.06. The molecule has 0 atom stereocenters. The normalized spacial score (nSPS) is 14.6. The minimum atomic E-state index is -1.52. The van der Waals surface area contributed by atoms with Crippen molar-refractivity contribution >= 4 is 69.0 Å². The van der Waals surface area contributed by atoms with E-state index in [2.05, 4.69) is 10.6 Å². The molecule has 397 valence electrons. The fourth-order valence-electron chi connectivity index (χ4n) is 8.48. The first-order valence-electron chi connectivity index (χ1n) is 22.8. The van der Waals surface area contributed by atoms with Crippen LogP contribution in [0.4, 0.5) is 20.2 Å². The van der Waals surface area contributed by atoms with Crippen LogP contribution < -0.4 is 51.7 Å². The van der Waals surface area contributed by atoms with E-state index in [0.29, 0.717) is 22.4 Å². The summed E-state index contributed by atoms with van der Waals surface area (Å²) < 4.78 is 32.8. The predicted octanol–water partition coefficient (Wildman–Crippen LogP) is -3.71. The molecule has 25 heteroatoms. The monoisotopic (exact) mass is 1080 g/mol. The molecule has 2 aliphatic carbocycles. The molecule has 75 heavy (non-hydrogen) atoms. The van der Waals surface area contributed by atoms with Crippen LogP contribution in [-0.4, -0.2) is 118 Å². The molecule has 22 nitrogen and oxygen atoms in total. The van der Waals surface area contributed by atoms with E-state index in [-0.39, 0.29) is 73.1 Å². The number of hydrogen-bond donors (Lipinski definition) is 4. The van der Waals surface area contributed by atoms with Gasteiger partial charge in [-0.3, -0.25) is 9.59 Å². The van der Waals surface area contributed by atoms with Crippen LogP contribution >= 0.6 is 0 Å². The van der Waals surface area contributed by atoms with Crippen LogP contribution in [-0.2, 0) is 17.1 Å². The third-order valence-electron chi connectivity index (χ3n) is 12.4. The van der Waals surface area contributed by atoms with Gasteiger partial charge in [0.25, 0.3) is 0 Å². The predicted molar refractivity (Wildman–Crippen MR) is 252 cm³/mol. The van der Waals surface area contributed by atoms with E-state index >= 15 is 0 Å². The van der Waals surface area contributed by atoms with Crippen molar-refractivity contribution in [2.45, 2.75) is 37.8 Å². The van der Waals surface area contributed by atoms with Crippen LogP contribution in [0.1, 0.15) is 99.9 Å². The maximum atomic E-state index is 14.6. The number of pyridine rings is 2. The molecule has 4 aromatic carbocycles. The summed E-state index contributed by atoms with van der Waals surface area (Å²) in [5.74, 6) is -9.51. The van der Waals surface area contributed by atoms with E-state index in [4.69, 9.17) is 10.2 Å². The fraction of sp³-hybridized carbons (Fsp3) is 0.280. The minimum absolute atomic E-state index is 0. The third kappa shape index (κ3) is 13.8. The Bertz CT molecular complexity index is 2980. The maximum Gasteiger partial charge on any atom is 2.00 e. The van der Waals surface area contributed by atoms with E-state index in [9.17, 15) is 67.6 Å². The van der Waals surface area contributed by atoms with Gasteiger partial charge in [-0.2, -0.15) is 0 Å². The number of carbonyl (C=O) groups excluding carboxylic acids is 4. The largest absolute Gasteiger partial charge is 2.00 e. The third-order valence-corrected chi connectivity index (χ3v) is 12.4. The summed E-state index contributed by atoms with van der Waals surface area (Å²) in [6, 6.07) is 16.7. The second-order valence-electron chi connectivity index (χ2n) is 17.2. The van der Waals surface area contributed by atoms with Gasteiger partial charge >= 0.3 is 29.0 Å². The van der Waals surface area contributed by atoms with Crippen molar-refractivity contribution in [2.75, 3.05) is 62.2 Å². The summed E-state index contributed by atoms with van der Waals surface area (Å²) in [7, 11) is 0. The van der Waals surface area contributed by atoms with Crippen LogP contribution in [0.25, 0.3) is 21.8 Å². The Morgan fingerprint density at radius 1 is 0.493 bits per heavy atom. The molecule has 6 aromatic rings. The number of carbonyl (C=O) groups is 6. The number of rotatable bonds is 10. The number of fused-ring (bicyclic) bond motifs is 2. The zero-order chi connectivity index (χ0) is 52.0. The fourth-order valence-corrected chi connectivity index (χ4v) is 8.48. The number of benzene rings is 4. The van der Waals surface area contributed by atoms with Crippen molar-refractivity contribution in [1.29, 1.82) is 0 Å². The molecule has 0 spiro atoms. The van der Waals surface area contributed by atoms with E-state index in [0.717, 1.165) is 78.0 Å². The quantitative estimate of drug-likeness (QED) is 0.0959. The van der Waals surface area contributed by atoms with Gasteiger partial charge < -0.3 is 90.3 Å². The molecule has 2 aromatic heterocycles. The number of nitrogens with zero attached hydrogens (tertiary/aromatic N) is 4. The molecule has 10 N–H and O–H groups in total. The van der Waals surface area contributed by atoms with Crippen molar-refractivity contribution in [3.8, 4) is 0 Å². The van der Waals surface area contributed by atoms with Crippen molar-refractivity contribution in [3.63, 3.8) is 0 Å². The summed E-state index contributed by atoms with van der Waals surface area (Å²) >= 11 is 0. The summed E-state index contributed by atoms with van der Waals surface area (Å²) in [5, 5.41) is 64.8. The average molecular weight is 1080 g/mol. The van der Waals surface area contributed by atoms with Crippen molar-refractivity contribution in [2.24, 2.45) is 0 Å². The van der Waals surface area contributed by atoms with Crippen molar-refractivity contribution < 1.29 is 107 Å². The topological polar surface area (TPSA) is 382 Å². The van der Waals surface area contributed by atoms with E-state index in [1.165, 1.54) is 73.1 Å². The molecule has 4 heterocycles. The maximum absolute atomic E-state index is 14.6. The van der Waals surface area contributed by atoms with Gasteiger partial charge in [-0.1, -0.05) is 36.4 Å². The summed E-state index contributed by atoms with van der Waals surface area (Å²) in [5.41, 5.74) is -1.14. The van der Waals surface area contributed by atoms with Crippen LogP contribution in [0.15, 0.2) is 94.8 Å². The second-order valence-corrected chi connectivity index (χ2v) is 17.2. The molecular formula is C50H50F2MnN6O16. The van der Waals surface area contributed by atoms with Gasteiger partial charge in [-0.05, 0) is 62.1 Å². The Morgan fingerprint density at radius 3 is 1.04 bits per heavy atom. The number of carboxylic acids is 6. The zero-order valence-corrected chi connectivity index (χ0v) is 40.8. The molecule has 2 aliphatic heterocycles. The molecular weight excluding hydrogens is 1030 g/mol. The van der Waals surface area contributed by atoms with Gasteiger partial charge in [0, 0.05) is 46.4 Å². The minimum Gasteiger partial charge on any atom is -0.545 e. The summed E-state index contributed by atoms with van der Waals surface area (Å²) in [4.78, 5) is 92.8. The van der Waals surface area contributed by atoms with Crippen LogP contribution in [0, 0.1) is 11.6 Å². The number of aromatic nitrogens is 2. The first-order valence-corrected chi connectivity index (χ1v) is 22.8. The molecule has 2 saturated heterocycles. The molecule has 1 radical (unpaired) electrons. The number of quaternary nitrogens is 2. The first kappa shape index (κ1) is 59.5. The van der Waals surface area contributed by atoms with Crippen LogP contribution in [0.5, 0.6) is 0 Å². The van der Waals surface area contributed by atoms with E-state index in [1.54, 1.807) is 21.3 Å². The molecule has 4 fully saturated rings. The molecule has 0 amide bonds. The molecule has 0 bridgehead atoms. The average Bonchev–Trinajstić information content (AvgIpc) is 4.32. The van der Waals surface area contributed by atoms with Gasteiger partial charge in [0.05, 0.1) is 121 Å². The summed E-state index contributed by atoms with van der Waals surface area (Å²) in [6.45, 7) is 6.57. The smallest absolute Gasteiger partial charge is 0.545 e. The van der Waals surface area contributed by atoms with Gasteiger partial charge in [0.2, 0.25) is 0 Å². The Balaban J connectivity index is 0.000000225. The number of hydrogen-bond acceptors (Lipinski definition) is 14. The number of anilines is 2. The Morgan fingerprint density at radius 2 is 0.787 bits per heavy atom. The number of piperazine rings is 2. The second kappa shape index (κ2) is 25.7. The standard InChI is InChI=1S/2C17H18FN3O3.2C8H6O4.Mn.2H2O/c2*18-13-7-11-14(8-15(13)20-5-3-19-4-6-20)21(10-1-2-10)9-12(16(11)22)17(23)24;2*9-7(10)5-3-1-2-4-6(5)8(11)12;;;/h2*7-10,19H,1-6H2,(H,23,24);2*1-4H,(H,9,10)(H,11,12);;2*1H2/q;;;;+2;;/p-2. The van der Waals surface area contributed by atoms with Crippen molar-refractivity contribution in [1.82, 2.24) is 9.13 Å². The molecule has 10 rings (SSSR count). The van der Waals surface area contributed by atoms with E-state index in [1.807, 2.05) is 9.80 Å². The first-order chi connectivity index (χ1) is 34.4. The van der Waals surface area contributed by atoms with Gasteiger partial charge in [-0.25, -0.2) is 18.4 Å². The molecule has 4 aliphatic rings. The Kier molecular flexibility index (Phi) is 20.4. The van der Waals surface area contributed by atoms with Gasteiger partial charge in [0.1, 0.15) is 11.6 Å². The van der Waals surface area contributed by atoms with Gasteiger partial charge in [-0.15, -0.1) is 0 Å². The summed E-state index contributed by atoms with van der Waals surface area (Å²) in [6.07, 6.45) is 6.41. The van der Waals surface area contributed by atoms with E-state index < -0.39 is 69.4 Å². The molecule has 0 unspecified atom stereocenters. The SMILES string of the molecule is O.O.O=C([O-])c1ccccc1C(=O)O.O=C([O-])c1ccccc1C(=O)O.O=C([O-])c1cn(C2CC2)c2cc(N3CC[NH2+]CC3)c(F)cc2c1=O.O=C([O-])c1cn(C2CC2)c2cc(N3CC[NH2+]CC3)c(F)cc2c1=O.[Mn+2]. The number of carboxylic acid groups (broad SMARTS) is 6. The molecule has 2 saturated carbocycles. The van der Waals surface area contributed by atoms with Crippen molar-refractivity contribution in [3.05, 3.63) is 151 Å². The van der Waals surface area contributed by atoms with Gasteiger partial charge in [0.15, 0.2) is 10.9 Å². The number of aromatic carboxylic acids is 6. The number of nitrogens with two attached hydrogens (primary N) is 2. The Labute approximate surface area is 434 Å². The number of halogens is 2. The van der Waals surface area contributed by atoms with Crippen LogP contribution in [0.2, 0.25) is 0 Å². The van der Waals surface area contributed by atoms with Crippen LogP contribution in [0.3, 0.4) is 0 Å². The zero-order valence-electron chi connectivity index (χ0n) is 39.6.